The van der Waals surface area contributed by atoms with Crippen LogP contribution in [0.4, 0.5) is 0 Å². The van der Waals surface area contributed by atoms with Crippen LogP contribution >= 0.6 is 23.2 Å². The van der Waals surface area contributed by atoms with Gasteiger partial charge in [0.1, 0.15) is 13.2 Å². The summed E-state index contributed by atoms with van der Waals surface area (Å²) in [5.41, 5.74) is 2.34. The molecule has 2 aliphatic rings. The van der Waals surface area contributed by atoms with Crippen molar-refractivity contribution in [2.75, 3.05) is 27.4 Å². The second-order valence-electron chi connectivity index (χ2n) is 7.95. The van der Waals surface area contributed by atoms with E-state index in [1.54, 1.807) is 50.2 Å². The molecule has 35 heavy (non-hydrogen) atoms. The van der Waals surface area contributed by atoms with Crippen molar-refractivity contribution in [3.8, 4) is 0 Å². The lowest BCUT2D eigenvalue weighted by Gasteiger charge is -2.30. The Kier molecular flexibility index (Phi) is 8.64. The van der Waals surface area contributed by atoms with Crippen LogP contribution in [0.5, 0.6) is 0 Å². The first-order valence-corrected chi connectivity index (χ1v) is 11.6. The van der Waals surface area contributed by atoms with Gasteiger partial charge in [-0.15, -0.1) is 0 Å². The number of carbonyl (C=O) groups excluding carboxylic acids is 3. The molecule has 1 N–H and O–H groups in total. The molecular formula is C25H26Cl2N2O6. The first kappa shape index (κ1) is 26.4. The van der Waals surface area contributed by atoms with Gasteiger partial charge in [-0.2, -0.15) is 0 Å². The number of halogens is 2. The molecule has 0 aromatic heterocycles. The first-order valence-electron chi connectivity index (χ1n) is 10.8. The molecule has 0 spiro atoms. The topological polar surface area (TPSA) is 94.2 Å². The Labute approximate surface area is 213 Å². The van der Waals surface area contributed by atoms with Gasteiger partial charge in [0.25, 0.3) is 0 Å². The van der Waals surface area contributed by atoms with E-state index in [0.29, 0.717) is 29.0 Å². The van der Waals surface area contributed by atoms with Crippen molar-refractivity contribution in [1.82, 2.24) is 10.2 Å². The molecule has 0 saturated carbocycles. The lowest BCUT2D eigenvalue weighted by molar-refractivity contribution is -0.147. The molecule has 1 aromatic rings. The van der Waals surface area contributed by atoms with Crippen LogP contribution in [-0.4, -0.2) is 50.2 Å². The highest BCUT2D eigenvalue weighted by Gasteiger charge is 2.39. The molecule has 3 rings (SSSR count). The van der Waals surface area contributed by atoms with Crippen molar-refractivity contribution in [2.45, 2.75) is 26.2 Å². The first-order chi connectivity index (χ1) is 16.6. The Morgan fingerprint density at radius 3 is 2.29 bits per heavy atom. The van der Waals surface area contributed by atoms with Crippen LogP contribution in [0.15, 0.2) is 64.8 Å². The molecule has 1 atom stereocenters. The van der Waals surface area contributed by atoms with Gasteiger partial charge in [-0.3, -0.25) is 0 Å². The number of esters is 3. The van der Waals surface area contributed by atoms with Crippen LogP contribution in [-0.2, 0) is 28.6 Å². The van der Waals surface area contributed by atoms with Crippen molar-refractivity contribution >= 4 is 41.1 Å². The molecule has 0 aliphatic carbocycles. The highest BCUT2D eigenvalue weighted by Crippen LogP contribution is 2.43. The summed E-state index contributed by atoms with van der Waals surface area (Å²) in [6.45, 7) is 3.09. The number of nitrogens with zero attached hydrogens (tertiary/aromatic N) is 1. The van der Waals surface area contributed by atoms with Gasteiger partial charge in [-0.05, 0) is 31.7 Å². The fraction of sp³-hybridized carbons (Fsp3) is 0.320. The summed E-state index contributed by atoms with van der Waals surface area (Å²) >= 11 is 12.7. The molecular weight excluding hydrogens is 495 g/mol. The number of benzene rings is 1. The minimum absolute atomic E-state index is 0.129. The van der Waals surface area contributed by atoms with E-state index in [2.05, 4.69) is 5.32 Å². The van der Waals surface area contributed by atoms with E-state index in [9.17, 15) is 14.4 Å². The normalized spacial score (nSPS) is 17.6. The Morgan fingerprint density at radius 1 is 1.03 bits per heavy atom. The van der Waals surface area contributed by atoms with Crippen molar-refractivity contribution in [3.63, 3.8) is 0 Å². The summed E-state index contributed by atoms with van der Waals surface area (Å²) in [7, 11) is 3.06. The number of nitrogens with one attached hydrogen (secondary N) is 1. The third kappa shape index (κ3) is 5.89. The Morgan fingerprint density at radius 2 is 1.66 bits per heavy atom. The van der Waals surface area contributed by atoms with Crippen molar-refractivity contribution in [2.24, 2.45) is 0 Å². The largest absolute Gasteiger partial charge is 0.466 e. The van der Waals surface area contributed by atoms with E-state index < -0.39 is 23.8 Å². The molecule has 186 valence electrons. The van der Waals surface area contributed by atoms with Gasteiger partial charge in [0, 0.05) is 31.1 Å². The maximum atomic E-state index is 13.2. The number of hydrogen-bond acceptors (Lipinski definition) is 8. The van der Waals surface area contributed by atoms with Crippen molar-refractivity contribution < 1.29 is 28.6 Å². The molecule has 0 amide bonds. The zero-order chi connectivity index (χ0) is 25.7. The molecule has 0 saturated heterocycles. The predicted octanol–water partition coefficient (Wildman–Crippen LogP) is 4.22. The van der Waals surface area contributed by atoms with Gasteiger partial charge < -0.3 is 24.4 Å². The summed E-state index contributed by atoms with van der Waals surface area (Å²) in [5, 5.41) is 3.53. The van der Waals surface area contributed by atoms with Crippen molar-refractivity contribution in [3.05, 3.63) is 80.4 Å². The van der Waals surface area contributed by atoms with Crippen LogP contribution in [0, 0.1) is 0 Å². The van der Waals surface area contributed by atoms with Gasteiger partial charge in [0.2, 0.25) is 0 Å². The number of rotatable bonds is 7. The van der Waals surface area contributed by atoms with E-state index >= 15 is 0 Å². The maximum Gasteiger partial charge on any atom is 0.336 e. The second-order valence-corrected chi connectivity index (χ2v) is 8.74. The molecule has 2 aliphatic heterocycles. The van der Waals surface area contributed by atoms with Gasteiger partial charge in [-0.25, -0.2) is 14.4 Å². The zero-order valence-electron chi connectivity index (χ0n) is 19.8. The minimum atomic E-state index is -0.875. The monoisotopic (exact) mass is 520 g/mol. The van der Waals surface area contributed by atoms with Crippen LogP contribution in [0.2, 0.25) is 10.0 Å². The molecule has 1 unspecified atom stereocenters. The molecule has 1 aromatic carbocycles. The number of methoxy groups -OCH3 is 1. The molecule has 8 nitrogen and oxygen atoms in total. The average molecular weight is 521 g/mol. The Bertz CT molecular complexity index is 1170. The number of allylic oxidation sites excluding steroid dienone is 3. The van der Waals surface area contributed by atoms with Gasteiger partial charge in [-0.1, -0.05) is 41.4 Å². The average Bonchev–Trinajstić information content (AvgIpc) is 2.82. The van der Waals surface area contributed by atoms with Crippen LogP contribution in [0.1, 0.15) is 31.7 Å². The minimum Gasteiger partial charge on any atom is -0.466 e. The lowest BCUT2D eigenvalue weighted by atomic mass is 9.80. The molecule has 2 heterocycles. The second kappa shape index (κ2) is 11.5. The molecule has 0 bridgehead atoms. The van der Waals surface area contributed by atoms with Crippen molar-refractivity contribution in [1.29, 1.82) is 0 Å². The summed E-state index contributed by atoms with van der Waals surface area (Å²) in [6.07, 6.45) is 5.83. The fourth-order valence-electron chi connectivity index (χ4n) is 3.96. The summed E-state index contributed by atoms with van der Waals surface area (Å²) in [5.74, 6) is -2.68. The summed E-state index contributed by atoms with van der Waals surface area (Å²) in [6, 6.07) is 4.98. The van der Waals surface area contributed by atoms with E-state index in [1.807, 2.05) is 12.3 Å². The van der Waals surface area contributed by atoms with E-state index in [0.717, 1.165) is 0 Å². The van der Waals surface area contributed by atoms with Gasteiger partial charge in [0.05, 0.1) is 39.8 Å². The fourth-order valence-corrected chi connectivity index (χ4v) is 4.38. The van der Waals surface area contributed by atoms with Crippen LogP contribution in [0.3, 0.4) is 0 Å². The zero-order valence-corrected chi connectivity index (χ0v) is 21.3. The quantitative estimate of drug-likeness (QED) is 0.324. The highest BCUT2D eigenvalue weighted by molar-refractivity contribution is 6.42. The number of carbonyl (C=O) groups is 3. The van der Waals surface area contributed by atoms with Crippen LogP contribution < -0.4 is 5.32 Å². The number of hydrogen-bond donors (Lipinski definition) is 1. The maximum absolute atomic E-state index is 13.2. The number of dihydropyridines is 1. The SMILES string of the molecule is COC(=O)C1=C(C)NC(C)=C(C(=O)OCCOC(=O)C2=CN(C)C=CC2)C1c1cccc(Cl)c1Cl. The lowest BCUT2D eigenvalue weighted by Crippen LogP contribution is -2.32. The van der Waals surface area contributed by atoms with Gasteiger partial charge >= 0.3 is 17.9 Å². The smallest absolute Gasteiger partial charge is 0.336 e. The third-order valence-electron chi connectivity index (χ3n) is 5.53. The van der Waals surface area contributed by atoms with E-state index in [1.165, 1.54) is 7.11 Å². The van der Waals surface area contributed by atoms with Gasteiger partial charge in [0.15, 0.2) is 0 Å². The van der Waals surface area contributed by atoms with E-state index in [4.69, 9.17) is 37.4 Å². The Hall–Kier alpha value is -3.23. The van der Waals surface area contributed by atoms with E-state index in [-0.39, 0.29) is 34.4 Å². The predicted molar refractivity (Wildman–Crippen MR) is 131 cm³/mol. The highest BCUT2D eigenvalue weighted by atomic mass is 35.5. The summed E-state index contributed by atoms with van der Waals surface area (Å²) in [4.78, 5) is 39.9. The number of ether oxygens (including phenoxy) is 3. The molecule has 10 heteroatoms. The third-order valence-corrected chi connectivity index (χ3v) is 6.36. The summed E-state index contributed by atoms with van der Waals surface area (Å²) < 4.78 is 15.6. The standard InChI is InChI=1S/C25H26Cl2N2O6/c1-14-19(24(31)33-4)21(17-8-5-9-18(26)22(17)27)20(15(2)28-14)25(32)35-12-11-34-23(30)16-7-6-10-29(3)13-16/h5-6,8-10,13,21,28H,7,11-12H2,1-4H3. The Balaban J connectivity index is 1.79. The van der Waals surface area contributed by atoms with Crippen LogP contribution in [0.25, 0.3) is 0 Å². The molecule has 0 fully saturated rings. The molecule has 0 radical (unpaired) electrons.